The second-order valence-corrected chi connectivity index (χ2v) is 5.94. The zero-order valence-corrected chi connectivity index (χ0v) is 10.9. The summed E-state index contributed by atoms with van der Waals surface area (Å²) in [6.07, 6.45) is 5.30. The van der Waals surface area contributed by atoms with E-state index in [1.807, 2.05) is 0 Å². The Hall–Kier alpha value is -0.120. The summed E-state index contributed by atoms with van der Waals surface area (Å²) in [5.74, 6) is 0.910. The number of nitrogens with zero attached hydrogens (tertiary/aromatic N) is 2. The molecule has 0 amide bonds. The van der Waals surface area contributed by atoms with Gasteiger partial charge in [0.05, 0.1) is 0 Å². The van der Waals surface area contributed by atoms with Gasteiger partial charge in [0.15, 0.2) is 0 Å². The van der Waals surface area contributed by atoms with E-state index in [2.05, 4.69) is 23.8 Å². The summed E-state index contributed by atoms with van der Waals surface area (Å²) in [7, 11) is 2.23. The molecule has 0 saturated carbocycles. The molecular formula is C13H27N3. The van der Waals surface area contributed by atoms with Crippen LogP contribution in [-0.2, 0) is 0 Å². The number of likely N-dealkylation sites (tertiary alicyclic amines) is 2. The van der Waals surface area contributed by atoms with Gasteiger partial charge >= 0.3 is 0 Å². The monoisotopic (exact) mass is 225 g/mol. The zero-order valence-electron chi connectivity index (χ0n) is 10.9. The SMILES string of the molecule is CC1CCN(C2(CN)CCCN(C)C2)CC1. The van der Waals surface area contributed by atoms with Crippen molar-refractivity contribution in [1.29, 1.82) is 0 Å². The Kier molecular flexibility index (Phi) is 3.88. The van der Waals surface area contributed by atoms with Crippen LogP contribution in [0.5, 0.6) is 0 Å². The number of hydrogen-bond donors (Lipinski definition) is 1. The maximum atomic E-state index is 6.10. The van der Waals surface area contributed by atoms with Crippen LogP contribution in [0.3, 0.4) is 0 Å². The van der Waals surface area contributed by atoms with E-state index in [-0.39, 0.29) is 5.54 Å². The molecule has 1 unspecified atom stereocenters. The van der Waals surface area contributed by atoms with Crippen molar-refractivity contribution in [1.82, 2.24) is 9.80 Å². The highest BCUT2D eigenvalue weighted by atomic mass is 15.3. The van der Waals surface area contributed by atoms with E-state index in [0.717, 1.165) is 19.0 Å². The molecule has 3 nitrogen and oxygen atoms in total. The highest BCUT2D eigenvalue weighted by Gasteiger charge is 2.39. The van der Waals surface area contributed by atoms with E-state index >= 15 is 0 Å². The molecule has 0 aromatic heterocycles. The molecule has 0 aromatic rings. The van der Waals surface area contributed by atoms with Crippen LogP contribution >= 0.6 is 0 Å². The molecule has 2 rings (SSSR count). The maximum Gasteiger partial charge on any atom is 0.0458 e. The molecule has 0 bridgehead atoms. The van der Waals surface area contributed by atoms with Gasteiger partial charge in [0.1, 0.15) is 0 Å². The third kappa shape index (κ3) is 2.41. The van der Waals surface area contributed by atoms with Crippen molar-refractivity contribution in [3.05, 3.63) is 0 Å². The lowest BCUT2D eigenvalue weighted by Crippen LogP contribution is -2.63. The average Bonchev–Trinajstić information content (AvgIpc) is 2.29. The Labute approximate surface area is 100.0 Å². The number of nitrogens with two attached hydrogens (primary N) is 1. The molecule has 3 heteroatoms. The number of piperidine rings is 2. The van der Waals surface area contributed by atoms with Gasteiger partial charge < -0.3 is 10.6 Å². The van der Waals surface area contributed by atoms with Crippen LogP contribution in [0.15, 0.2) is 0 Å². The molecule has 94 valence electrons. The molecular weight excluding hydrogens is 198 g/mol. The van der Waals surface area contributed by atoms with Crippen LogP contribution in [0.4, 0.5) is 0 Å². The fourth-order valence-corrected chi connectivity index (χ4v) is 3.38. The Balaban J connectivity index is 2.02. The highest BCUT2D eigenvalue weighted by Crippen LogP contribution is 2.30. The first-order valence-electron chi connectivity index (χ1n) is 6.80. The van der Waals surface area contributed by atoms with Crippen LogP contribution in [0.25, 0.3) is 0 Å². The minimum Gasteiger partial charge on any atom is -0.329 e. The summed E-state index contributed by atoms with van der Waals surface area (Å²) in [6, 6.07) is 0. The molecule has 2 aliphatic heterocycles. The van der Waals surface area contributed by atoms with Crippen molar-refractivity contribution < 1.29 is 0 Å². The standard InChI is InChI=1S/C13H27N3/c1-12-4-8-16(9-5-12)13(10-14)6-3-7-15(2)11-13/h12H,3-11,14H2,1-2H3. The fraction of sp³-hybridized carbons (Fsp3) is 1.00. The van der Waals surface area contributed by atoms with Crippen molar-refractivity contribution in [2.45, 2.75) is 38.1 Å². The largest absolute Gasteiger partial charge is 0.329 e. The Morgan fingerprint density at radius 2 is 1.94 bits per heavy atom. The van der Waals surface area contributed by atoms with Crippen molar-refractivity contribution in [2.75, 3.05) is 39.8 Å². The summed E-state index contributed by atoms with van der Waals surface area (Å²) >= 11 is 0. The molecule has 0 radical (unpaired) electrons. The molecule has 2 N–H and O–H groups in total. The van der Waals surface area contributed by atoms with Gasteiger partial charge in [0.25, 0.3) is 0 Å². The van der Waals surface area contributed by atoms with Crippen LogP contribution in [0.1, 0.15) is 32.6 Å². The van der Waals surface area contributed by atoms with E-state index in [1.165, 1.54) is 45.3 Å². The summed E-state index contributed by atoms with van der Waals surface area (Å²) in [5.41, 5.74) is 6.38. The van der Waals surface area contributed by atoms with Crippen molar-refractivity contribution in [3.8, 4) is 0 Å². The predicted octanol–water partition coefficient (Wildman–Crippen LogP) is 1.14. The summed E-state index contributed by atoms with van der Waals surface area (Å²) in [5, 5.41) is 0. The van der Waals surface area contributed by atoms with Crippen molar-refractivity contribution in [3.63, 3.8) is 0 Å². The molecule has 1 atom stereocenters. The van der Waals surface area contributed by atoms with Gasteiger partial charge in [-0.05, 0) is 58.3 Å². The lowest BCUT2D eigenvalue weighted by molar-refractivity contribution is 0.00482. The van der Waals surface area contributed by atoms with Gasteiger partial charge in [-0.1, -0.05) is 6.92 Å². The number of rotatable bonds is 2. The quantitative estimate of drug-likeness (QED) is 0.765. The van der Waals surface area contributed by atoms with E-state index in [0.29, 0.717) is 0 Å². The van der Waals surface area contributed by atoms with Crippen LogP contribution < -0.4 is 5.73 Å². The zero-order chi connectivity index (χ0) is 11.6. The second-order valence-electron chi connectivity index (χ2n) is 5.94. The molecule has 2 heterocycles. The molecule has 2 saturated heterocycles. The van der Waals surface area contributed by atoms with E-state index in [4.69, 9.17) is 5.73 Å². The normalized spacial score (nSPS) is 35.4. The van der Waals surface area contributed by atoms with E-state index in [9.17, 15) is 0 Å². The van der Waals surface area contributed by atoms with Crippen LogP contribution in [-0.4, -0.2) is 55.1 Å². The lowest BCUT2D eigenvalue weighted by atomic mass is 9.84. The minimum absolute atomic E-state index is 0.285. The first-order chi connectivity index (χ1) is 7.66. The summed E-state index contributed by atoms with van der Waals surface area (Å²) in [4.78, 5) is 5.14. The van der Waals surface area contributed by atoms with Gasteiger partial charge in [0.2, 0.25) is 0 Å². The highest BCUT2D eigenvalue weighted by molar-refractivity contribution is 4.98. The second kappa shape index (κ2) is 5.03. The van der Waals surface area contributed by atoms with Crippen molar-refractivity contribution >= 4 is 0 Å². The molecule has 2 fully saturated rings. The smallest absolute Gasteiger partial charge is 0.0458 e. The van der Waals surface area contributed by atoms with Crippen molar-refractivity contribution in [2.24, 2.45) is 11.7 Å². The lowest BCUT2D eigenvalue weighted by Gasteiger charge is -2.50. The van der Waals surface area contributed by atoms with Crippen LogP contribution in [0.2, 0.25) is 0 Å². The first-order valence-corrected chi connectivity index (χ1v) is 6.80. The van der Waals surface area contributed by atoms with Crippen LogP contribution in [0, 0.1) is 5.92 Å². The van der Waals surface area contributed by atoms with E-state index in [1.54, 1.807) is 0 Å². The van der Waals surface area contributed by atoms with Gasteiger partial charge in [-0.15, -0.1) is 0 Å². The van der Waals surface area contributed by atoms with Gasteiger partial charge in [-0.25, -0.2) is 0 Å². The predicted molar refractivity (Wildman–Crippen MR) is 68.5 cm³/mol. The number of likely N-dealkylation sites (N-methyl/N-ethyl adjacent to an activating group) is 1. The first kappa shape index (κ1) is 12.3. The fourth-order valence-electron chi connectivity index (χ4n) is 3.38. The average molecular weight is 225 g/mol. The topological polar surface area (TPSA) is 32.5 Å². The Bertz CT molecular complexity index is 223. The van der Waals surface area contributed by atoms with E-state index < -0.39 is 0 Å². The van der Waals surface area contributed by atoms with Gasteiger partial charge in [0, 0.05) is 18.6 Å². The molecule has 2 aliphatic rings. The third-order valence-electron chi connectivity index (χ3n) is 4.58. The summed E-state index contributed by atoms with van der Waals surface area (Å²) < 4.78 is 0. The maximum absolute atomic E-state index is 6.10. The Morgan fingerprint density at radius 3 is 2.50 bits per heavy atom. The third-order valence-corrected chi connectivity index (χ3v) is 4.58. The Morgan fingerprint density at radius 1 is 1.25 bits per heavy atom. The van der Waals surface area contributed by atoms with Gasteiger partial charge in [-0.3, -0.25) is 4.90 Å². The summed E-state index contributed by atoms with van der Waals surface area (Å²) in [6.45, 7) is 8.12. The molecule has 0 aliphatic carbocycles. The molecule has 0 spiro atoms. The minimum atomic E-state index is 0.285. The van der Waals surface area contributed by atoms with Gasteiger partial charge in [-0.2, -0.15) is 0 Å². The number of hydrogen-bond acceptors (Lipinski definition) is 3. The molecule has 0 aromatic carbocycles. The molecule has 16 heavy (non-hydrogen) atoms.